The van der Waals surface area contributed by atoms with Gasteiger partial charge in [-0.25, -0.2) is 9.59 Å². The van der Waals surface area contributed by atoms with Crippen molar-refractivity contribution in [3.63, 3.8) is 0 Å². The van der Waals surface area contributed by atoms with E-state index in [9.17, 15) is 9.59 Å². The van der Waals surface area contributed by atoms with Gasteiger partial charge in [-0.3, -0.25) is 0 Å². The molecule has 0 saturated carbocycles. The highest BCUT2D eigenvalue weighted by atomic mass is 35.5. The number of anilines is 1. The molecule has 3 N–H and O–H groups in total. The second-order valence-electron chi connectivity index (χ2n) is 4.26. The van der Waals surface area contributed by atoms with E-state index >= 15 is 0 Å². The number of amides is 2. The maximum Gasteiger partial charge on any atom is 0.337 e. The van der Waals surface area contributed by atoms with Crippen LogP contribution in [0.5, 0.6) is 0 Å². The van der Waals surface area contributed by atoms with Crippen molar-refractivity contribution in [3.05, 3.63) is 27.7 Å². The number of carboxylic acid groups (broad SMARTS) is 1. The van der Waals surface area contributed by atoms with Crippen LogP contribution < -0.4 is 5.32 Å². The fourth-order valence-corrected chi connectivity index (χ4v) is 2.30. The summed E-state index contributed by atoms with van der Waals surface area (Å²) in [5.41, 5.74) is -0.209. The lowest BCUT2D eigenvalue weighted by Crippen LogP contribution is -2.38. The average Bonchev–Trinajstić information content (AvgIpc) is 2.40. The van der Waals surface area contributed by atoms with Crippen molar-refractivity contribution in [1.82, 2.24) is 4.90 Å². The summed E-state index contributed by atoms with van der Waals surface area (Å²) in [7, 11) is 0. The van der Waals surface area contributed by atoms with E-state index in [2.05, 4.69) is 5.32 Å². The first kappa shape index (κ1) is 17.6. The fourth-order valence-electron chi connectivity index (χ4n) is 1.76. The van der Waals surface area contributed by atoms with Gasteiger partial charge in [-0.1, -0.05) is 30.1 Å². The summed E-state index contributed by atoms with van der Waals surface area (Å²) in [6.45, 7) is 2.27. The standard InChI is InChI=1S/C13H16Cl2N2O4/c1-2-3-17(4-5-18)13(21)16-11-9(12(19)20)6-8(14)7-10(11)15/h6-7,18H,2-5H2,1H3,(H,16,21)(H,19,20). The molecule has 0 spiro atoms. The Morgan fingerprint density at radius 2 is 1.95 bits per heavy atom. The first-order chi connectivity index (χ1) is 9.90. The maximum atomic E-state index is 12.1. The van der Waals surface area contributed by atoms with Crippen LogP contribution in [0.4, 0.5) is 10.5 Å². The predicted molar refractivity (Wildman–Crippen MR) is 81.4 cm³/mol. The summed E-state index contributed by atoms with van der Waals surface area (Å²) in [5, 5.41) is 20.8. The molecule has 0 aromatic heterocycles. The predicted octanol–water partition coefficient (Wildman–Crippen LogP) is 2.93. The number of hydrogen-bond acceptors (Lipinski definition) is 3. The Labute approximate surface area is 132 Å². The maximum absolute atomic E-state index is 12.1. The third kappa shape index (κ3) is 4.77. The summed E-state index contributed by atoms with van der Waals surface area (Å²) < 4.78 is 0. The van der Waals surface area contributed by atoms with Gasteiger partial charge in [0.15, 0.2) is 0 Å². The first-order valence-electron chi connectivity index (χ1n) is 6.29. The van der Waals surface area contributed by atoms with Crippen LogP contribution in [0, 0.1) is 0 Å². The monoisotopic (exact) mass is 334 g/mol. The summed E-state index contributed by atoms with van der Waals surface area (Å²) in [6.07, 6.45) is 0.702. The third-order valence-electron chi connectivity index (χ3n) is 2.67. The average molecular weight is 335 g/mol. The zero-order chi connectivity index (χ0) is 16.0. The van der Waals surface area contributed by atoms with E-state index in [1.54, 1.807) is 0 Å². The number of nitrogens with one attached hydrogen (secondary N) is 1. The van der Waals surface area contributed by atoms with Gasteiger partial charge in [-0.15, -0.1) is 0 Å². The highest BCUT2D eigenvalue weighted by Crippen LogP contribution is 2.30. The molecule has 0 heterocycles. The minimum Gasteiger partial charge on any atom is -0.478 e. The van der Waals surface area contributed by atoms with Crippen molar-refractivity contribution < 1.29 is 19.8 Å². The Morgan fingerprint density at radius 3 is 2.48 bits per heavy atom. The highest BCUT2D eigenvalue weighted by molar-refractivity contribution is 6.37. The number of carbonyl (C=O) groups excluding carboxylic acids is 1. The van der Waals surface area contributed by atoms with Crippen LogP contribution in [0.1, 0.15) is 23.7 Å². The van der Waals surface area contributed by atoms with Crippen molar-refractivity contribution in [2.45, 2.75) is 13.3 Å². The molecule has 0 aliphatic rings. The topological polar surface area (TPSA) is 89.9 Å². The second-order valence-corrected chi connectivity index (χ2v) is 5.10. The molecule has 0 radical (unpaired) electrons. The van der Waals surface area contributed by atoms with Crippen LogP contribution in [0.3, 0.4) is 0 Å². The van der Waals surface area contributed by atoms with E-state index in [1.807, 2.05) is 6.92 Å². The Balaban J connectivity index is 3.06. The highest BCUT2D eigenvalue weighted by Gasteiger charge is 2.20. The van der Waals surface area contributed by atoms with Crippen LogP contribution in [-0.2, 0) is 0 Å². The molecular weight excluding hydrogens is 319 g/mol. The van der Waals surface area contributed by atoms with E-state index < -0.39 is 12.0 Å². The lowest BCUT2D eigenvalue weighted by atomic mass is 10.2. The summed E-state index contributed by atoms with van der Waals surface area (Å²) in [4.78, 5) is 24.7. The number of aliphatic hydroxyl groups is 1. The van der Waals surface area contributed by atoms with Crippen molar-refractivity contribution in [2.24, 2.45) is 0 Å². The quantitative estimate of drug-likeness (QED) is 0.746. The molecule has 21 heavy (non-hydrogen) atoms. The molecule has 0 atom stereocenters. The minimum atomic E-state index is -1.25. The fraction of sp³-hybridized carbons (Fsp3) is 0.385. The van der Waals surface area contributed by atoms with E-state index in [0.29, 0.717) is 13.0 Å². The molecule has 0 aliphatic carbocycles. The van der Waals surface area contributed by atoms with Gasteiger partial charge in [-0.2, -0.15) is 0 Å². The first-order valence-corrected chi connectivity index (χ1v) is 7.05. The van der Waals surface area contributed by atoms with Gasteiger partial charge in [0, 0.05) is 18.1 Å². The van der Waals surface area contributed by atoms with E-state index in [0.717, 1.165) is 0 Å². The van der Waals surface area contributed by atoms with Gasteiger partial charge in [0.2, 0.25) is 0 Å². The normalized spacial score (nSPS) is 10.3. The molecule has 1 aromatic carbocycles. The number of aliphatic hydroxyl groups excluding tert-OH is 1. The van der Waals surface area contributed by atoms with Crippen LogP contribution >= 0.6 is 23.2 Å². The van der Waals surface area contributed by atoms with Crippen LogP contribution in [0.15, 0.2) is 12.1 Å². The molecule has 1 aromatic rings. The van der Waals surface area contributed by atoms with E-state index in [4.69, 9.17) is 33.4 Å². The Kier molecular flexibility index (Phi) is 6.74. The Morgan fingerprint density at radius 1 is 1.29 bits per heavy atom. The van der Waals surface area contributed by atoms with Gasteiger partial charge in [-0.05, 0) is 18.6 Å². The number of halogens is 2. The lowest BCUT2D eigenvalue weighted by Gasteiger charge is -2.22. The number of aromatic carboxylic acids is 1. The summed E-state index contributed by atoms with van der Waals surface area (Å²) >= 11 is 11.7. The van der Waals surface area contributed by atoms with Crippen molar-refractivity contribution >= 4 is 40.9 Å². The minimum absolute atomic E-state index is 0.0161. The third-order valence-corrected chi connectivity index (χ3v) is 3.18. The van der Waals surface area contributed by atoms with Gasteiger partial charge >= 0.3 is 12.0 Å². The van der Waals surface area contributed by atoms with Gasteiger partial charge in [0.05, 0.1) is 22.9 Å². The molecule has 0 fully saturated rings. The zero-order valence-corrected chi connectivity index (χ0v) is 12.9. The molecule has 0 saturated heterocycles. The number of benzene rings is 1. The largest absolute Gasteiger partial charge is 0.478 e. The Bertz CT molecular complexity index is 531. The van der Waals surface area contributed by atoms with E-state index in [1.165, 1.54) is 17.0 Å². The van der Waals surface area contributed by atoms with Crippen LogP contribution in [0.25, 0.3) is 0 Å². The van der Waals surface area contributed by atoms with Gasteiger partial charge in [0.1, 0.15) is 0 Å². The molecule has 8 heteroatoms. The molecule has 6 nitrogen and oxygen atoms in total. The van der Waals surface area contributed by atoms with Crippen LogP contribution in [-0.4, -0.2) is 46.8 Å². The number of carboxylic acids is 1. The van der Waals surface area contributed by atoms with Gasteiger partial charge < -0.3 is 20.4 Å². The van der Waals surface area contributed by atoms with Crippen LogP contribution in [0.2, 0.25) is 10.0 Å². The molecule has 1 rings (SSSR count). The SMILES string of the molecule is CCCN(CCO)C(=O)Nc1c(Cl)cc(Cl)cc1C(=O)O. The molecule has 2 amide bonds. The molecule has 116 valence electrons. The number of carbonyl (C=O) groups is 2. The zero-order valence-electron chi connectivity index (χ0n) is 11.4. The molecule has 0 aliphatic heterocycles. The Hall–Kier alpha value is -1.50. The number of rotatable bonds is 6. The van der Waals surface area contributed by atoms with Crippen molar-refractivity contribution in [2.75, 3.05) is 25.0 Å². The number of urea groups is 1. The summed E-state index contributed by atoms with van der Waals surface area (Å²) in [5.74, 6) is -1.25. The molecule has 0 unspecified atom stereocenters. The smallest absolute Gasteiger partial charge is 0.337 e. The molecular formula is C13H16Cl2N2O4. The van der Waals surface area contributed by atoms with E-state index in [-0.39, 0.29) is 34.4 Å². The van der Waals surface area contributed by atoms with Crippen molar-refractivity contribution in [1.29, 1.82) is 0 Å². The second kappa shape index (κ2) is 8.07. The van der Waals surface area contributed by atoms with Crippen molar-refractivity contribution in [3.8, 4) is 0 Å². The lowest BCUT2D eigenvalue weighted by molar-refractivity contribution is 0.0698. The number of nitrogens with zero attached hydrogens (tertiary/aromatic N) is 1. The van der Waals surface area contributed by atoms with Gasteiger partial charge in [0.25, 0.3) is 0 Å². The molecule has 0 bridgehead atoms. The summed E-state index contributed by atoms with van der Waals surface area (Å²) in [6, 6.07) is 2.03. The number of hydrogen-bond donors (Lipinski definition) is 3.